The van der Waals surface area contributed by atoms with Crippen LogP contribution in [0.3, 0.4) is 0 Å². The van der Waals surface area contributed by atoms with Crippen molar-refractivity contribution < 1.29 is 4.92 Å². The summed E-state index contributed by atoms with van der Waals surface area (Å²) in [4.78, 5) is 10.1. The molecule has 0 spiro atoms. The highest BCUT2D eigenvalue weighted by Crippen LogP contribution is 2.18. The lowest BCUT2D eigenvalue weighted by Crippen LogP contribution is -2.10. The Kier molecular flexibility index (Phi) is 2.98. The summed E-state index contributed by atoms with van der Waals surface area (Å²) in [6.07, 6.45) is 4.51. The third-order valence-corrected chi connectivity index (χ3v) is 1.72. The van der Waals surface area contributed by atoms with Gasteiger partial charge in [-0.25, -0.2) is 0 Å². The molecule has 1 aromatic rings. The molecule has 0 fully saturated rings. The molecule has 0 amide bonds. The van der Waals surface area contributed by atoms with Gasteiger partial charge >= 0.3 is 5.69 Å². The Bertz CT molecular complexity index is 367. The molecule has 0 aliphatic rings. The van der Waals surface area contributed by atoms with Crippen molar-refractivity contribution in [3.05, 3.63) is 28.1 Å². The quantitative estimate of drug-likeness (QED) is 0.569. The molecule has 0 saturated heterocycles. The van der Waals surface area contributed by atoms with E-state index in [9.17, 15) is 10.1 Å². The molecular formula is C8H12N4O2. The SMILES string of the molecule is CC(N)/C=C/c1c([N+](=O)[O-])cnn1C. The van der Waals surface area contributed by atoms with Gasteiger partial charge in [0.25, 0.3) is 0 Å². The van der Waals surface area contributed by atoms with Gasteiger partial charge in [0.05, 0.1) is 4.92 Å². The Hall–Kier alpha value is -1.69. The molecule has 1 aromatic heterocycles. The van der Waals surface area contributed by atoms with E-state index in [4.69, 9.17) is 5.73 Å². The lowest BCUT2D eigenvalue weighted by Gasteiger charge is -1.96. The number of aromatic nitrogens is 2. The van der Waals surface area contributed by atoms with Crippen LogP contribution in [0.4, 0.5) is 5.69 Å². The first-order chi connectivity index (χ1) is 6.52. The molecule has 1 rings (SSSR count). The standard InChI is InChI=1S/C8H12N4O2/c1-6(9)3-4-7-8(12(13)14)5-10-11(7)2/h3-6H,9H2,1-2H3/b4-3+. The molecule has 0 aromatic carbocycles. The van der Waals surface area contributed by atoms with E-state index in [-0.39, 0.29) is 11.7 Å². The van der Waals surface area contributed by atoms with Crippen LogP contribution in [-0.4, -0.2) is 20.7 Å². The molecule has 76 valence electrons. The Balaban J connectivity index is 3.05. The molecule has 0 aliphatic carbocycles. The lowest BCUT2D eigenvalue weighted by molar-refractivity contribution is -0.385. The number of hydrogen-bond donors (Lipinski definition) is 1. The first-order valence-electron chi connectivity index (χ1n) is 4.12. The van der Waals surface area contributed by atoms with Crippen molar-refractivity contribution in [2.75, 3.05) is 0 Å². The Morgan fingerprint density at radius 1 is 1.79 bits per heavy atom. The second-order valence-corrected chi connectivity index (χ2v) is 3.01. The lowest BCUT2D eigenvalue weighted by atomic mass is 10.2. The molecule has 1 atom stereocenters. The summed E-state index contributed by atoms with van der Waals surface area (Å²) in [5, 5.41) is 14.4. The number of nitrogens with two attached hydrogens (primary N) is 1. The number of aryl methyl sites for hydroxylation is 1. The van der Waals surface area contributed by atoms with Crippen molar-refractivity contribution in [1.29, 1.82) is 0 Å². The van der Waals surface area contributed by atoms with Gasteiger partial charge in [-0.3, -0.25) is 14.8 Å². The highest BCUT2D eigenvalue weighted by molar-refractivity contribution is 5.56. The van der Waals surface area contributed by atoms with Crippen LogP contribution in [0.25, 0.3) is 6.08 Å². The third-order valence-electron chi connectivity index (χ3n) is 1.72. The first-order valence-corrected chi connectivity index (χ1v) is 4.12. The molecule has 6 heteroatoms. The summed E-state index contributed by atoms with van der Waals surface area (Å²) in [5.74, 6) is 0. The van der Waals surface area contributed by atoms with Gasteiger partial charge in [-0.1, -0.05) is 6.08 Å². The van der Waals surface area contributed by atoms with E-state index in [1.165, 1.54) is 10.9 Å². The van der Waals surface area contributed by atoms with Crippen LogP contribution in [0.1, 0.15) is 12.6 Å². The monoisotopic (exact) mass is 196 g/mol. The van der Waals surface area contributed by atoms with Gasteiger partial charge in [-0.15, -0.1) is 0 Å². The third kappa shape index (κ3) is 2.17. The predicted molar refractivity (Wildman–Crippen MR) is 52.5 cm³/mol. The zero-order valence-corrected chi connectivity index (χ0v) is 8.04. The van der Waals surface area contributed by atoms with Gasteiger partial charge in [0.1, 0.15) is 11.9 Å². The van der Waals surface area contributed by atoms with Crippen LogP contribution in [0.5, 0.6) is 0 Å². The summed E-state index contributed by atoms with van der Waals surface area (Å²) < 4.78 is 1.44. The van der Waals surface area contributed by atoms with Crippen molar-refractivity contribution in [3.63, 3.8) is 0 Å². The topological polar surface area (TPSA) is 87.0 Å². The van der Waals surface area contributed by atoms with Crippen LogP contribution in [0, 0.1) is 10.1 Å². The van der Waals surface area contributed by atoms with E-state index in [0.29, 0.717) is 5.69 Å². The number of rotatable bonds is 3. The van der Waals surface area contributed by atoms with E-state index in [0.717, 1.165) is 0 Å². The maximum absolute atomic E-state index is 10.6. The summed E-state index contributed by atoms with van der Waals surface area (Å²) in [6.45, 7) is 1.79. The van der Waals surface area contributed by atoms with E-state index >= 15 is 0 Å². The van der Waals surface area contributed by atoms with E-state index in [1.54, 1.807) is 26.1 Å². The summed E-state index contributed by atoms with van der Waals surface area (Å²) in [7, 11) is 1.65. The smallest absolute Gasteiger partial charge is 0.314 e. The second kappa shape index (κ2) is 4.01. The summed E-state index contributed by atoms with van der Waals surface area (Å²) >= 11 is 0. The van der Waals surface area contributed by atoms with Crippen LogP contribution < -0.4 is 5.73 Å². The van der Waals surface area contributed by atoms with Crippen LogP contribution >= 0.6 is 0 Å². The Morgan fingerprint density at radius 2 is 2.43 bits per heavy atom. The fraction of sp³-hybridized carbons (Fsp3) is 0.375. The molecular weight excluding hydrogens is 184 g/mol. The van der Waals surface area contributed by atoms with Crippen LogP contribution in [0.2, 0.25) is 0 Å². The fourth-order valence-electron chi connectivity index (χ4n) is 1.01. The zero-order valence-electron chi connectivity index (χ0n) is 8.04. The number of nitrogens with zero attached hydrogens (tertiary/aromatic N) is 3. The molecule has 1 heterocycles. The van der Waals surface area contributed by atoms with E-state index in [1.807, 2.05) is 0 Å². The second-order valence-electron chi connectivity index (χ2n) is 3.01. The molecule has 0 saturated carbocycles. The summed E-state index contributed by atoms with van der Waals surface area (Å²) in [6, 6.07) is -0.135. The minimum atomic E-state index is -0.464. The molecule has 1 unspecified atom stereocenters. The fourth-order valence-corrected chi connectivity index (χ4v) is 1.01. The maximum Gasteiger partial charge on any atom is 0.314 e. The molecule has 2 N–H and O–H groups in total. The molecule has 0 aliphatic heterocycles. The maximum atomic E-state index is 10.6. The van der Waals surface area contributed by atoms with Gasteiger partial charge in [-0.2, -0.15) is 5.10 Å². The summed E-state index contributed by atoms with van der Waals surface area (Å²) in [5.41, 5.74) is 5.94. The van der Waals surface area contributed by atoms with Gasteiger partial charge < -0.3 is 5.73 Å². The average Bonchev–Trinajstić information content (AvgIpc) is 2.43. The minimum absolute atomic E-state index is 0.00981. The van der Waals surface area contributed by atoms with Gasteiger partial charge in [0.2, 0.25) is 0 Å². The molecule has 6 nitrogen and oxygen atoms in total. The largest absolute Gasteiger partial charge is 0.325 e. The van der Waals surface area contributed by atoms with Crippen molar-refractivity contribution >= 4 is 11.8 Å². The zero-order chi connectivity index (χ0) is 10.7. The van der Waals surface area contributed by atoms with Gasteiger partial charge in [0, 0.05) is 13.1 Å². The van der Waals surface area contributed by atoms with Crippen molar-refractivity contribution in [2.45, 2.75) is 13.0 Å². The van der Waals surface area contributed by atoms with Gasteiger partial charge in [0.15, 0.2) is 0 Å². The van der Waals surface area contributed by atoms with Crippen molar-refractivity contribution in [1.82, 2.24) is 9.78 Å². The van der Waals surface area contributed by atoms with Crippen LogP contribution in [0.15, 0.2) is 12.3 Å². The van der Waals surface area contributed by atoms with Crippen LogP contribution in [-0.2, 0) is 7.05 Å². The number of hydrogen-bond acceptors (Lipinski definition) is 4. The van der Waals surface area contributed by atoms with Gasteiger partial charge in [-0.05, 0) is 13.0 Å². The van der Waals surface area contributed by atoms with E-state index in [2.05, 4.69) is 5.10 Å². The predicted octanol–water partition coefficient (Wildman–Crippen LogP) is 0.689. The molecule has 14 heavy (non-hydrogen) atoms. The molecule has 0 bridgehead atoms. The number of nitro groups is 1. The van der Waals surface area contributed by atoms with E-state index < -0.39 is 4.92 Å². The Labute approximate surface area is 81.2 Å². The molecule has 0 radical (unpaired) electrons. The normalized spacial score (nSPS) is 13.4. The highest BCUT2D eigenvalue weighted by atomic mass is 16.6. The minimum Gasteiger partial charge on any atom is -0.325 e. The Morgan fingerprint density at radius 3 is 2.93 bits per heavy atom. The average molecular weight is 196 g/mol. The highest BCUT2D eigenvalue weighted by Gasteiger charge is 2.15. The first kappa shape index (κ1) is 10.4. The van der Waals surface area contributed by atoms with Crippen molar-refractivity contribution in [2.24, 2.45) is 12.8 Å². The van der Waals surface area contributed by atoms with Crippen molar-refractivity contribution in [3.8, 4) is 0 Å².